The lowest BCUT2D eigenvalue weighted by atomic mass is 9.87. The number of anilines is 1. The average molecular weight is 461 g/mol. The van der Waals surface area contributed by atoms with Crippen LogP contribution in [-0.2, 0) is 15.0 Å². The van der Waals surface area contributed by atoms with E-state index in [1.807, 2.05) is 24.3 Å². The Morgan fingerprint density at radius 2 is 1.76 bits per heavy atom. The average Bonchev–Trinajstić information content (AvgIpc) is 3.18. The van der Waals surface area contributed by atoms with Gasteiger partial charge in [0, 0.05) is 12.6 Å². The summed E-state index contributed by atoms with van der Waals surface area (Å²) in [6, 6.07) is 13.1. The van der Waals surface area contributed by atoms with Crippen LogP contribution >= 0.6 is 0 Å². The molecule has 1 fully saturated rings. The minimum absolute atomic E-state index is 0.103. The minimum atomic E-state index is -0.597. The second-order valence-corrected chi connectivity index (χ2v) is 10.0. The molecule has 2 aliphatic rings. The van der Waals surface area contributed by atoms with E-state index in [4.69, 9.17) is 0 Å². The van der Waals surface area contributed by atoms with Gasteiger partial charge in [-0.25, -0.2) is 0 Å². The van der Waals surface area contributed by atoms with Crippen LogP contribution < -0.4 is 16.0 Å². The second kappa shape index (κ2) is 9.43. The molecular formula is C27H32N4O3. The van der Waals surface area contributed by atoms with Gasteiger partial charge in [-0.05, 0) is 47.7 Å². The van der Waals surface area contributed by atoms with E-state index in [1.165, 1.54) is 5.56 Å². The van der Waals surface area contributed by atoms with Crippen molar-refractivity contribution < 1.29 is 14.4 Å². The lowest BCUT2D eigenvalue weighted by Gasteiger charge is -2.20. The topological polar surface area (TPSA) is 90.5 Å². The first-order valence-electron chi connectivity index (χ1n) is 11.6. The van der Waals surface area contributed by atoms with Crippen molar-refractivity contribution in [3.63, 3.8) is 0 Å². The third-order valence-corrected chi connectivity index (χ3v) is 6.34. The van der Waals surface area contributed by atoms with Gasteiger partial charge < -0.3 is 20.9 Å². The zero-order chi connectivity index (χ0) is 24.5. The van der Waals surface area contributed by atoms with Crippen molar-refractivity contribution in [2.45, 2.75) is 44.7 Å². The normalized spacial score (nSPS) is 20.1. The molecule has 2 aromatic carbocycles. The predicted octanol–water partition coefficient (Wildman–Crippen LogP) is 3.03. The number of hydrogen-bond donors (Lipinski definition) is 3. The van der Waals surface area contributed by atoms with E-state index < -0.39 is 6.04 Å². The molecule has 2 heterocycles. The fourth-order valence-electron chi connectivity index (χ4n) is 4.46. The maximum Gasteiger partial charge on any atom is 0.256 e. The molecule has 1 saturated heterocycles. The van der Waals surface area contributed by atoms with Gasteiger partial charge in [-0.2, -0.15) is 0 Å². The third-order valence-electron chi connectivity index (χ3n) is 6.34. The van der Waals surface area contributed by atoms with Crippen molar-refractivity contribution in [1.29, 1.82) is 0 Å². The molecule has 4 rings (SSSR count). The van der Waals surface area contributed by atoms with Crippen LogP contribution in [0, 0.1) is 0 Å². The quantitative estimate of drug-likeness (QED) is 0.599. The maximum absolute atomic E-state index is 13.4. The van der Waals surface area contributed by atoms with Crippen LogP contribution in [0.2, 0.25) is 0 Å². The molecule has 3 N–H and O–H groups in total. The van der Waals surface area contributed by atoms with Gasteiger partial charge in [-0.3, -0.25) is 14.4 Å². The highest BCUT2D eigenvalue weighted by Crippen LogP contribution is 2.30. The summed E-state index contributed by atoms with van der Waals surface area (Å²) in [5, 5.41) is 8.60. The number of benzene rings is 2. The van der Waals surface area contributed by atoms with Gasteiger partial charge in [0.1, 0.15) is 6.04 Å². The largest absolute Gasteiger partial charge is 0.350 e. The molecule has 0 bridgehead atoms. The van der Waals surface area contributed by atoms with Crippen LogP contribution in [0.1, 0.15) is 54.2 Å². The SMILES string of the molecule is CNCC(=O)N[C@H]1C[C@H]2C(=O)Nc3ccc(/C=C/c4ccc(C(C)(C)C)cc4)cc3C(=O)N2C1. The predicted molar refractivity (Wildman–Crippen MR) is 134 cm³/mol. The summed E-state index contributed by atoms with van der Waals surface area (Å²) in [6.07, 6.45) is 4.38. The monoisotopic (exact) mass is 460 g/mol. The van der Waals surface area contributed by atoms with Crippen LogP contribution in [0.15, 0.2) is 42.5 Å². The third kappa shape index (κ3) is 5.04. The number of amides is 3. The van der Waals surface area contributed by atoms with Crippen LogP contribution in [0.25, 0.3) is 12.2 Å². The van der Waals surface area contributed by atoms with Crippen LogP contribution in [0.3, 0.4) is 0 Å². The van der Waals surface area contributed by atoms with Gasteiger partial charge >= 0.3 is 0 Å². The fraction of sp³-hybridized carbons (Fsp3) is 0.370. The van der Waals surface area contributed by atoms with Crippen molar-refractivity contribution >= 4 is 35.6 Å². The lowest BCUT2D eigenvalue weighted by molar-refractivity contribution is -0.121. The van der Waals surface area contributed by atoms with Crippen LogP contribution in [0.5, 0.6) is 0 Å². The Bertz CT molecular complexity index is 1130. The smallest absolute Gasteiger partial charge is 0.256 e. The standard InChI is InChI=1S/C27H32N4O3/c1-27(2,3)19-10-7-17(8-11-19)5-6-18-9-12-22-21(13-18)26(34)31-16-20(29-24(32)15-28-4)14-23(31)25(33)30-22/h5-13,20,23,28H,14-16H2,1-4H3,(H,29,32)(H,30,33)/b6-5+/t20-,23-/m0/s1. The zero-order valence-corrected chi connectivity index (χ0v) is 20.1. The number of nitrogens with one attached hydrogen (secondary N) is 3. The van der Waals surface area contributed by atoms with Gasteiger partial charge in [-0.1, -0.05) is 63.3 Å². The molecular weight excluding hydrogens is 428 g/mol. The van der Waals surface area contributed by atoms with Crippen molar-refractivity contribution in [3.8, 4) is 0 Å². The first kappa shape index (κ1) is 23.7. The van der Waals surface area contributed by atoms with Gasteiger partial charge in [0.2, 0.25) is 11.8 Å². The molecule has 0 saturated carbocycles. The summed E-state index contributed by atoms with van der Waals surface area (Å²) in [7, 11) is 1.70. The van der Waals surface area contributed by atoms with Crippen molar-refractivity contribution in [2.75, 3.05) is 25.5 Å². The van der Waals surface area contributed by atoms with Crippen molar-refractivity contribution in [1.82, 2.24) is 15.5 Å². The van der Waals surface area contributed by atoms with Crippen molar-refractivity contribution in [3.05, 3.63) is 64.7 Å². The molecule has 0 aromatic heterocycles. The van der Waals surface area contributed by atoms with Crippen LogP contribution in [-0.4, -0.2) is 54.8 Å². The number of nitrogens with zero attached hydrogens (tertiary/aromatic N) is 1. The molecule has 0 spiro atoms. The Labute approximate surface area is 200 Å². The molecule has 0 radical (unpaired) electrons. The molecule has 0 unspecified atom stereocenters. The van der Waals surface area contributed by atoms with E-state index in [0.717, 1.165) is 11.1 Å². The van der Waals surface area contributed by atoms with E-state index in [1.54, 1.807) is 18.0 Å². The molecule has 2 atom stereocenters. The Kier molecular flexibility index (Phi) is 6.57. The highest BCUT2D eigenvalue weighted by atomic mass is 16.2. The Balaban J connectivity index is 1.53. The molecule has 3 amide bonds. The number of rotatable bonds is 5. The molecule has 7 nitrogen and oxygen atoms in total. The van der Waals surface area contributed by atoms with E-state index in [-0.39, 0.29) is 35.7 Å². The molecule has 2 aromatic rings. The Morgan fingerprint density at radius 3 is 2.44 bits per heavy atom. The van der Waals surface area contributed by atoms with Gasteiger partial charge in [0.15, 0.2) is 0 Å². The fourth-order valence-corrected chi connectivity index (χ4v) is 4.46. The maximum atomic E-state index is 13.4. The molecule has 0 aliphatic carbocycles. The summed E-state index contributed by atoms with van der Waals surface area (Å²) >= 11 is 0. The van der Waals surface area contributed by atoms with Crippen LogP contribution in [0.4, 0.5) is 5.69 Å². The Hall–Kier alpha value is -3.45. The first-order chi connectivity index (χ1) is 16.2. The molecule has 2 aliphatic heterocycles. The Morgan fingerprint density at radius 1 is 1.09 bits per heavy atom. The van der Waals surface area contributed by atoms with E-state index in [0.29, 0.717) is 24.2 Å². The molecule has 178 valence electrons. The van der Waals surface area contributed by atoms with Gasteiger partial charge in [0.05, 0.1) is 17.8 Å². The summed E-state index contributed by atoms with van der Waals surface area (Å²) in [5.74, 6) is -0.574. The van der Waals surface area contributed by atoms with Gasteiger partial charge in [0.25, 0.3) is 5.91 Å². The van der Waals surface area contributed by atoms with Gasteiger partial charge in [-0.15, -0.1) is 0 Å². The molecule has 34 heavy (non-hydrogen) atoms. The number of carbonyl (C=O) groups is 3. The van der Waals surface area contributed by atoms with Crippen molar-refractivity contribution in [2.24, 2.45) is 0 Å². The summed E-state index contributed by atoms with van der Waals surface area (Å²) in [4.78, 5) is 39.7. The first-order valence-corrected chi connectivity index (χ1v) is 11.6. The number of hydrogen-bond acceptors (Lipinski definition) is 4. The second-order valence-electron chi connectivity index (χ2n) is 10.0. The summed E-state index contributed by atoms with van der Waals surface area (Å²) < 4.78 is 0. The summed E-state index contributed by atoms with van der Waals surface area (Å²) in [6.45, 7) is 7.07. The molecule has 7 heteroatoms. The number of likely N-dealkylation sites (N-methyl/N-ethyl adjacent to an activating group) is 1. The van der Waals surface area contributed by atoms with E-state index >= 15 is 0 Å². The zero-order valence-electron chi connectivity index (χ0n) is 20.1. The minimum Gasteiger partial charge on any atom is -0.350 e. The highest BCUT2D eigenvalue weighted by molar-refractivity contribution is 6.10. The number of fused-ring (bicyclic) bond motifs is 2. The summed E-state index contributed by atoms with van der Waals surface area (Å²) in [5.41, 5.74) is 4.30. The number of carbonyl (C=O) groups excluding carboxylic acids is 3. The van der Waals surface area contributed by atoms with E-state index in [9.17, 15) is 14.4 Å². The lowest BCUT2D eigenvalue weighted by Crippen LogP contribution is -2.42. The van der Waals surface area contributed by atoms with E-state index in [2.05, 4.69) is 61.0 Å². The highest BCUT2D eigenvalue weighted by Gasteiger charge is 2.43.